The Bertz CT molecular complexity index is 1220. The summed E-state index contributed by atoms with van der Waals surface area (Å²) in [5.74, 6) is 0.956. The molecule has 0 N–H and O–H groups in total. The van der Waals surface area contributed by atoms with E-state index in [9.17, 15) is 4.79 Å². The van der Waals surface area contributed by atoms with Crippen LogP contribution in [0.5, 0.6) is 11.5 Å². The quantitative estimate of drug-likeness (QED) is 0.269. The van der Waals surface area contributed by atoms with Gasteiger partial charge < -0.3 is 9.47 Å². The van der Waals surface area contributed by atoms with Gasteiger partial charge in [-0.3, -0.25) is 9.69 Å². The molecule has 4 rings (SSSR count). The average molecular weight is 502 g/mol. The van der Waals surface area contributed by atoms with Gasteiger partial charge in [-0.1, -0.05) is 77.5 Å². The summed E-state index contributed by atoms with van der Waals surface area (Å²) in [7, 11) is 1.57. The van der Waals surface area contributed by atoms with Gasteiger partial charge in [-0.2, -0.15) is 0 Å². The molecule has 0 radical (unpaired) electrons. The van der Waals surface area contributed by atoms with Gasteiger partial charge in [0.25, 0.3) is 5.91 Å². The van der Waals surface area contributed by atoms with E-state index in [1.807, 2.05) is 48.5 Å². The molecule has 1 amide bonds. The standard InChI is InChI=1S/C24H17Cl2NO3S2/c1-29-21-11-15(7-10-20(21)30-14-16-8-9-17(25)13-19(16)26)12-22-23(28)27(24(31)32-22)18-5-3-2-4-6-18/h2-13H,14H2,1H3/b22-12-. The molecule has 0 unspecified atom stereocenters. The predicted molar refractivity (Wildman–Crippen MR) is 136 cm³/mol. The van der Waals surface area contributed by atoms with Crippen molar-refractivity contribution in [2.24, 2.45) is 0 Å². The zero-order valence-electron chi connectivity index (χ0n) is 16.9. The molecule has 3 aromatic carbocycles. The number of thioether (sulfide) groups is 1. The number of carbonyl (C=O) groups excluding carboxylic acids is 1. The van der Waals surface area contributed by atoms with Crippen LogP contribution in [-0.4, -0.2) is 17.3 Å². The van der Waals surface area contributed by atoms with Crippen LogP contribution < -0.4 is 14.4 Å². The normalized spacial score (nSPS) is 14.8. The van der Waals surface area contributed by atoms with Crippen molar-refractivity contribution < 1.29 is 14.3 Å². The van der Waals surface area contributed by atoms with E-state index in [2.05, 4.69) is 0 Å². The van der Waals surface area contributed by atoms with E-state index < -0.39 is 0 Å². The number of amides is 1. The SMILES string of the molecule is COc1cc(/C=C2\SC(=S)N(c3ccccc3)C2=O)ccc1OCc1ccc(Cl)cc1Cl. The fraction of sp³-hybridized carbons (Fsp3) is 0.0833. The van der Waals surface area contributed by atoms with Gasteiger partial charge >= 0.3 is 0 Å². The third-order valence-corrected chi connectivity index (χ3v) is 6.58. The first kappa shape index (κ1) is 22.7. The Kier molecular flexibility index (Phi) is 7.06. The number of hydrogen-bond acceptors (Lipinski definition) is 5. The zero-order chi connectivity index (χ0) is 22.7. The molecule has 0 atom stereocenters. The fourth-order valence-electron chi connectivity index (χ4n) is 3.11. The highest BCUT2D eigenvalue weighted by molar-refractivity contribution is 8.27. The first-order valence-electron chi connectivity index (χ1n) is 9.54. The molecule has 1 fully saturated rings. The van der Waals surface area contributed by atoms with Crippen LogP contribution in [0.15, 0.2) is 71.6 Å². The first-order chi connectivity index (χ1) is 15.5. The molecule has 1 saturated heterocycles. The van der Waals surface area contributed by atoms with Gasteiger partial charge in [-0.05, 0) is 48.0 Å². The summed E-state index contributed by atoms with van der Waals surface area (Å²) in [6.07, 6.45) is 1.80. The highest BCUT2D eigenvalue weighted by Gasteiger charge is 2.33. The number of para-hydroxylation sites is 1. The van der Waals surface area contributed by atoms with Crippen molar-refractivity contribution in [1.29, 1.82) is 0 Å². The van der Waals surface area contributed by atoms with Crippen LogP contribution in [-0.2, 0) is 11.4 Å². The number of thiocarbonyl (C=S) groups is 1. The second kappa shape index (κ2) is 9.96. The molecule has 0 aliphatic carbocycles. The van der Waals surface area contributed by atoms with Crippen molar-refractivity contribution in [1.82, 2.24) is 0 Å². The maximum absolute atomic E-state index is 12.9. The van der Waals surface area contributed by atoms with Gasteiger partial charge in [0.15, 0.2) is 15.8 Å². The number of nitrogens with zero attached hydrogens (tertiary/aromatic N) is 1. The van der Waals surface area contributed by atoms with E-state index >= 15 is 0 Å². The minimum absolute atomic E-state index is 0.150. The van der Waals surface area contributed by atoms with Crippen LogP contribution in [0.4, 0.5) is 5.69 Å². The molecule has 0 saturated carbocycles. The Hall–Kier alpha value is -2.51. The molecule has 1 aliphatic rings. The fourth-order valence-corrected chi connectivity index (χ4v) is 4.87. The maximum atomic E-state index is 12.9. The number of methoxy groups -OCH3 is 1. The Morgan fingerprint density at radius 3 is 2.53 bits per heavy atom. The second-order valence-electron chi connectivity index (χ2n) is 6.79. The lowest BCUT2D eigenvalue weighted by Crippen LogP contribution is -2.27. The van der Waals surface area contributed by atoms with E-state index in [-0.39, 0.29) is 12.5 Å². The molecule has 4 nitrogen and oxygen atoms in total. The van der Waals surface area contributed by atoms with Crippen molar-refractivity contribution in [3.8, 4) is 11.5 Å². The van der Waals surface area contributed by atoms with Crippen molar-refractivity contribution in [2.45, 2.75) is 6.61 Å². The molecule has 32 heavy (non-hydrogen) atoms. The van der Waals surface area contributed by atoms with Crippen molar-refractivity contribution in [3.05, 3.63) is 92.8 Å². The van der Waals surface area contributed by atoms with Crippen molar-refractivity contribution in [3.63, 3.8) is 0 Å². The van der Waals surface area contributed by atoms with E-state index in [0.29, 0.717) is 30.8 Å². The maximum Gasteiger partial charge on any atom is 0.270 e. The Labute approximate surface area is 205 Å². The number of halogens is 2. The van der Waals surface area contributed by atoms with Gasteiger partial charge in [-0.25, -0.2) is 0 Å². The number of rotatable bonds is 6. The summed E-state index contributed by atoms with van der Waals surface area (Å²) < 4.78 is 11.9. The lowest BCUT2D eigenvalue weighted by molar-refractivity contribution is -0.113. The lowest BCUT2D eigenvalue weighted by atomic mass is 10.1. The molecule has 3 aromatic rings. The molecule has 0 aromatic heterocycles. The molecule has 162 valence electrons. The summed E-state index contributed by atoms with van der Waals surface area (Å²) in [6, 6.07) is 20.1. The van der Waals surface area contributed by atoms with Crippen LogP contribution in [0, 0.1) is 0 Å². The zero-order valence-corrected chi connectivity index (χ0v) is 20.0. The molecule has 0 bridgehead atoms. The third-order valence-electron chi connectivity index (χ3n) is 4.69. The van der Waals surface area contributed by atoms with Gasteiger partial charge in [0, 0.05) is 15.6 Å². The van der Waals surface area contributed by atoms with Gasteiger partial charge in [0.2, 0.25) is 0 Å². The minimum Gasteiger partial charge on any atom is -0.493 e. The molecule has 0 spiro atoms. The van der Waals surface area contributed by atoms with Crippen LogP contribution in [0.1, 0.15) is 11.1 Å². The largest absolute Gasteiger partial charge is 0.493 e. The van der Waals surface area contributed by atoms with E-state index in [1.54, 1.807) is 31.4 Å². The molecular weight excluding hydrogens is 485 g/mol. The first-order valence-corrected chi connectivity index (χ1v) is 11.5. The van der Waals surface area contributed by atoms with Crippen LogP contribution >= 0.6 is 47.2 Å². The van der Waals surface area contributed by atoms with Crippen LogP contribution in [0.25, 0.3) is 6.08 Å². The monoisotopic (exact) mass is 501 g/mol. The van der Waals surface area contributed by atoms with Gasteiger partial charge in [0.1, 0.15) is 6.61 Å². The number of ether oxygens (including phenoxy) is 2. The number of hydrogen-bond donors (Lipinski definition) is 0. The number of anilines is 1. The Morgan fingerprint density at radius 2 is 1.81 bits per heavy atom. The molecule has 1 heterocycles. The van der Waals surface area contributed by atoms with Gasteiger partial charge in [0.05, 0.1) is 17.7 Å². The van der Waals surface area contributed by atoms with Crippen LogP contribution in [0.2, 0.25) is 10.0 Å². The summed E-state index contributed by atoms with van der Waals surface area (Å²) in [4.78, 5) is 15.0. The second-order valence-corrected chi connectivity index (χ2v) is 9.31. The van der Waals surface area contributed by atoms with E-state index in [1.165, 1.54) is 16.7 Å². The average Bonchev–Trinajstić information content (AvgIpc) is 3.07. The van der Waals surface area contributed by atoms with E-state index in [4.69, 9.17) is 44.9 Å². The summed E-state index contributed by atoms with van der Waals surface area (Å²) in [5.41, 5.74) is 2.36. The van der Waals surface area contributed by atoms with Crippen LogP contribution in [0.3, 0.4) is 0 Å². The lowest BCUT2D eigenvalue weighted by Gasteiger charge is -2.14. The van der Waals surface area contributed by atoms with Crippen molar-refractivity contribution >= 4 is 69.2 Å². The van der Waals surface area contributed by atoms with E-state index in [0.717, 1.165) is 16.8 Å². The number of carbonyl (C=O) groups is 1. The summed E-state index contributed by atoms with van der Waals surface area (Å²) in [5, 5.41) is 1.10. The molecular formula is C24H17Cl2NO3S2. The topological polar surface area (TPSA) is 38.8 Å². The molecule has 8 heteroatoms. The number of benzene rings is 3. The minimum atomic E-state index is -0.150. The predicted octanol–water partition coefficient (Wildman–Crippen LogP) is 6.99. The third kappa shape index (κ3) is 4.94. The van der Waals surface area contributed by atoms with Gasteiger partial charge in [-0.15, -0.1) is 0 Å². The highest BCUT2D eigenvalue weighted by atomic mass is 35.5. The Balaban J connectivity index is 1.53. The molecule has 1 aliphatic heterocycles. The smallest absolute Gasteiger partial charge is 0.270 e. The summed E-state index contributed by atoms with van der Waals surface area (Å²) >= 11 is 18.9. The summed E-state index contributed by atoms with van der Waals surface area (Å²) in [6.45, 7) is 0.265. The Morgan fingerprint density at radius 1 is 1.03 bits per heavy atom. The van der Waals surface area contributed by atoms with Crippen molar-refractivity contribution in [2.75, 3.05) is 12.0 Å². The highest BCUT2D eigenvalue weighted by Crippen LogP contribution is 2.37.